The Morgan fingerprint density at radius 1 is 1.27 bits per heavy atom. The monoisotopic (exact) mass is 209 g/mol. The predicted molar refractivity (Wildman–Crippen MR) is 61.0 cm³/mol. The Morgan fingerprint density at radius 3 is 2.47 bits per heavy atom. The van der Waals surface area contributed by atoms with Crippen LogP contribution in [0.1, 0.15) is 23.6 Å². The van der Waals surface area contributed by atoms with Gasteiger partial charge in [0.05, 0.1) is 6.10 Å². The van der Waals surface area contributed by atoms with Gasteiger partial charge >= 0.3 is 0 Å². The van der Waals surface area contributed by atoms with Crippen LogP contribution in [0.15, 0.2) is 12.1 Å². The molecule has 0 aliphatic rings. The second-order valence-corrected chi connectivity index (χ2v) is 4.05. The van der Waals surface area contributed by atoms with Gasteiger partial charge in [-0.15, -0.1) is 0 Å². The number of benzene rings is 1. The third kappa shape index (κ3) is 3.53. The molecule has 84 valence electrons. The summed E-state index contributed by atoms with van der Waals surface area (Å²) in [5.41, 5.74) is 3.13. The van der Waals surface area contributed by atoms with Gasteiger partial charge in [0, 0.05) is 18.7 Å². The highest BCUT2D eigenvalue weighted by Gasteiger charge is 2.04. The van der Waals surface area contributed by atoms with E-state index < -0.39 is 0 Å². The Hall–Kier alpha value is -1.06. The Labute approximate surface area is 90.8 Å². The highest BCUT2D eigenvalue weighted by Crippen LogP contribution is 2.21. The SMILES string of the molecule is Cc1cc(O)c(CNC[C@@H](C)O)cc1C. The van der Waals surface area contributed by atoms with Crippen molar-refractivity contribution in [3.63, 3.8) is 0 Å². The molecule has 1 rings (SSSR count). The maximum Gasteiger partial charge on any atom is 0.120 e. The number of phenolic OH excluding ortho intramolecular Hbond substituents is 1. The van der Waals surface area contributed by atoms with Crippen molar-refractivity contribution in [1.29, 1.82) is 0 Å². The molecule has 3 N–H and O–H groups in total. The molecule has 0 saturated heterocycles. The van der Waals surface area contributed by atoms with E-state index in [-0.39, 0.29) is 6.10 Å². The van der Waals surface area contributed by atoms with Crippen molar-refractivity contribution in [2.24, 2.45) is 0 Å². The number of nitrogens with one attached hydrogen (secondary N) is 1. The van der Waals surface area contributed by atoms with Crippen LogP contribution in [0.5, 0.6) is 5.75 Å². The average molecular weight is 209 g/mol. The molecule has 1 aromatic carbocycles. The van der Waals surface area contributed by atoms with Crippen LogP contribution in [-0.2, 0) is 6.54 Å². The summed E-state index contributed by atoms with van der Waals surface area (Å²) < 4.78 is 0. The Morgan fingerprint density at radius 2 is 1.87 bits per heavy atom. The van der Waals surface area contributed by atoms with Gasteiger partial charge in [-0.25, -0.2) is 0 Å². The molecule has 3 nitrogen and oxygen atoms in total. The second kappa shape index (κ2) is 5.14. The molecule has 0 aliphatic carbocycles. The molecular weight excluding hydrogens is 190 g/mol. The maximum absolute atomic E-state index is 9.68. The minimum absolute atomic E-state index is 0.316. The van der Waals surface area contributed by atoms with E-state index in [4.69, 9.17) is 5.11 Å². The summed E-state index contributed by atoms with van der Waals surface area (Å²) in [5, 5.41) is 21.8. The highest BCUT2D eigenvalue weighted by atomic mass is 16.3. The van der Waals surface area contributed by atoms with Crippen LogP contribution in [-0.4, -0.2) is 22.9 Å². The first-order valence-electron chi connectivity index (χ1n) is 5.18. The van der Waals surface area contributed by atoms with E-state index in [9.17, 15) is 5.11 Å². The van der Waals surface area contributed by atoms with Crippen LogP contribution in [0, 0.1) is 13.8 Å². The van der Waals surface area contributed by atoms with E-state index in [1.54, 1.807) is 13.0 Å². The van der Waals surface area contributed by atoms with E-state index in [1.807, 2.05) is 19.9 Å². The molecule has 0 spiro atoms. The third-order valence-electron chi connectivity index (χ3n) is 2.45. The zero-order chi connectivity index (χ0) is 11.4. The molecule has 15 heavy (non-hydrogen) atoms. The van der Waals surface area contributed by atoms with Crippen molar-refractivity contribution >= 4 is 0 Å². The minimum atomic E-state index is -0.362. The Balaban J connectivity index is 2.65. The molecule has 0 saturated carbocycles. The van der Waals surface area contributed by atoms with Crippen LogP contribution in [0.4, 0.5) is 0 Å². The van der Waals surface area contributed by atoms with Gasteiger partial charge in [0.2, 0.25) is 0 Å². The van der Waals surface area contributed by atoms with Gasteiger partial charge in [-0.05, 0) is 38.0 Å². The molecule has 0 aliphatic heterocycles. The Bertz CT molecular complexity index is 335. The van der Waals surface area contributed by atoms with Crippen molar-refractivity contribution < 1.29 is 10.2 Å². The summed E-state index contributed by atoms with van der Waals surface area (Å²) in [6.07, 6.45) is -0.362. The molecule has 3 heteroatoms. The number of rotatable bonds is 4. The number of aliphatic hydroxyl groups excluding tert-OH is 1. The van der Waals surface area contributed by atoms with Gasteiger partial charge < -0.3 is 15.5 Å². The largest absolute Gasteiger partial charge is 0.508 e. The van der Waals surface area contributed by atoms with Gasteiger partial charge in [-0.2, -0.15) is 0 Å². The van der Waals surface area contributed by atoms with Crippen LogP contribution in [0.25, 0.3) is 0 Å². The van der Waals surface area contributed by atoms with Crippen LogP contribution in [0.2, 0.25) is 0 Å². The van der Waals surface area contributed by atoms with Crippen molar-refractivity contribution in [3.8, 4) is 5.75 Å². The van der Waals surface area contributed by atoms with Crippen molar-refractivity contribution in [1.82, 2.24) is 5.32 Å². The molecule has 1 aromatic rings. The topological polar surface area (TPSA) is 52.5 Å². The number of hydrogen-bond donors (Lipinski definition) is 3. The molecule has 0 amide bonds. The summed E-state index contributed by atoms with van der Waals surface area (Å²) in [6, 6.07) is 3.74. The summed E-state index contributed by atoms with van der Waals surface area (Å²) in [6.45, 7) is 6.84. The summed E-state index contributed by atoms with van der Waals surface area (Å²) in [5.74, 6) is 0.316. The van der Waals surface area contributed by atoms with Gasteiger partial charge in [0.1, 0.15) is 5.75 Å². The lowest BCUT2D eigenvalue weighted by atomic mass is 10.1. The lowest BCUT2D eigenvalue weighted by Crippen LogP contribution is -2.23. The molecule has 0 heterocycles. The van der Waals surface area contributed by atoms with E-state index >= 15 is 0 Å². The quantitative estimate of drug-likeness (QED) is 0.704. The fourth-order valence-electron chi connectivity index (χ4n) is 1.42. The van der Waals surface area contributed by atoms with E-state index in [0.717, 1.165) is 11.1 Å². The molecule has 0 fully saturated rings. The lowest BCUT2D eigenvalue weighted by molar-refractivity contribution is 0.191. The first kappa shape index (κ1) is 12.0. The van der Waals surface area contributed by atoms with Crippen molar-refractivity contribution in [2.75, 3.05) is 6.54 Å². The van der Waals surface area contributed by atoms with Crippen LogP contribution < -0.4 is 5.32 Å². The molecule has 1 atom stereocenters. The molecular formula is C12H19NO2. The van der Waals surface area contributed by atoms with Gasteiger partial charge in [-0.3, -0.25) is 0 Å². The average Bonchev–Trinajstić information content (AvgIpc) is 2.13. The second-order valence-electron chi connectivity index (χ2n) is 4.05. The molecule has 0 radical (unpaired) electrons. The van der Waals surface area contributed by atoms with Gasteiger partial charge in [0.25, 0.3) is 0 Å². The number of hydrogen-bond acceptors (Lipinski definition) is 3. The summed E-state index contributed by atoms with van der Waals surface area (Å²) >= 11 is 0. The molecule has 0 aromatic heterocycles. The zero-order valence-corrected chi connectivity index (χ0v) is 9.54. The fraction of sp³-hybridized carbons (Fsp3) is 0.500. The zero-order valence-electron chi connectivity index (χ0n) is 9.54. The highest BCUT2D eigenvalue weighted by molar-refractivity contribution is 5.40. The standard InChI is InChI=1S/C12H19NO2/c1-8-4-11(7-13-6-10(3)14)12(15)5-9(8)2/h4-5,10,13-15H,6-7H2,1-3H3/t10-/m1/s1. The normalized spacial score (nSPS) is 12.8. The Kier molecular flexibility index (Phi) is 4.12. The van der Waals surface area contributed by atoms with E-state index in [0.29, 0.717) is 18.8 Å². The number of aromatic hydroxyl groups is 1. The maximum atomic E-state index is 9.68. The molecule has 0 bridgehead atoms. The van der Waals surface area contributed by atoms with E-state index in [1.165, 1.54) is 5.56 Å². The van der Waals surface area contributed by atoms with Crippen molar-refractivity contribution in [2.45, 2.75) is 33.4 Å². The van der Waals surface area contributed by atoms with Crippen LogP contribution >= 0.6 is 0 Å². The third-order valence-corrected chi connectivity index (χ3v) is 2.45. The summed E-state index contributed by atoms with van der Waals surface area (Å²) in [4.78, 5) is 0. The predicted octanol–water partition coefficient (Wildman–Crippen LogP) is 1.48. The number of aryl methyl sites for hydroxylation is 2. The van der Waals surface area contributed by atoms with Gasteiger partial charge in [0.15, 0.2) is 0 Å². The number of phenols is 1. The molecule has 0 unspecified atom stereocenters. The first-order chi connectivity index (χ1) is 7.00. The fourth-order valence-corrected chi connectivity index (χ4v) is 1.42. The lowest BCUT2D eigenvalue weighted by Gasteiger charge is -2.10. The van der Waals surface area contributed by atoms with E-state index in [2.05, 4.69) is 5.32 Å². The summed E-state index contributed by atoms with van der Waals surface area (Å²) in [7, 11) is 0. The first-order valence-corrected chi connectivity index (χ1v) is 5.18. The minimum Gasteiger partial charge on any atom is -0.508 e. The van der Waals surface area contributed by atoms with Gasteiger partial charge in [-0.1, -0.05) is 6.07 Å². The van der Waals surface area contributed by atoms with Crippen molar-refractivity contribution in [3.05, 3.63) is 28.8 Å². The smallest absolute Gasteiger partial charge is 0.120 e. The van der Waals surface area contributed by atoms with Crippen LogP contribution in [0.3, 0.4) is 0 Å². The number of aliphatic hydroxyl groups is 1.